The fourth-order valence-corrected chi connectivity index (χ4v) is 2.26. The van der Waals surface area contributed by atoms with E-state index in [2.05, 4.69) is 4.98 Å². The Morgan fingerprint density at radius 3 is 2.26 bits per heavy atom. The van der Waals surface area contributed by atoms with Crippen LogP contribution in [0.4, 0.5) is 5.69 Å². The number of aromatic nitrogens is 1. The molecular formula is C18H21N3O2. The van der Waals surface area contributed by atoms with Crippen LogP contribution >= 0.6 is 0 Å². The van der Waals surface area contributed by atoms with Crippen LogP contribution in [0, 0.1) is 0 Å². The van der Waals surface area contributed by atoms with Crippen molar-refractivity contribution in [3.8, 4) is 0 Å². The number of rotatable bonds is 5. The Kier molecular flexibility index (Phi) is 5.86. The van der Waals surface area contributed by atoms with E-state index in [-0.39, 0.29) is 0 Å². The van der Waals surface area contributed by atoms with Crippen LogP contribution in [0.1, 0.15) is 12.5 Å². The first-order valence-corrected chi connectivity index (χ1v) is 7.64. The normalized spacial score (nSPS) is 10.2. The minimum Gasteiger partial charge on any atom is -0.334 e. The number of para-hydroxylation sites is 1. The summed E-state index contributed by atoms with van der Waals surface area (Å²) in [4.78, 5) is 31.7. The number of carbonyl (C=O) groups is 2. The number of nitrogens with zero attached hydrogens (tertiary/aromatic N) is 3. The highest BCUT2D eigenvalue weighted by atomic mass is 16.2. The van der Waals surface area contributed by atoms with E-state index in [9.17, 15) is 9.59 Å². The van der Waals surface area contributed by atoms with Gasteiger partial charge in [0.1, 0.15) is 0 Å². The van der Waals surface area contributed by atoms with E-state index in [1.165, 1.54) is 4.90 Å². The van der Waals surface area contributed by atoms with Gasteiger partial charge in [0.05, 0.1) is 0 Å². The van der Waals surface area contributed by atoms with Gasteiger partial charge < -0.3 is 9.80 Å². The Hall–Kier alpha value is -2.69. The van der Waals surface area contributed by atoms with Crippen molar-refractivity contribution in [2.45, 2.75) is 13.3 Å². The molecule has 0 bridgehead atoms. The molecule has 0 saturated heterocycles. The van der Waals surface area contributed by atoms with Crippen LogP contribution in [0.2, 0.25) is 0 Å². The van der Waals surface area contributed by atoms with Crippen molar-refractivity contribution in [1.29, 1.82) is 0 Å². The maximum absolute atomic E-state index is 12.4. The first kappa shape index (κ1) is 16.7. The SMILES string of the molecule is CCN(CCc1ccncc1)C(=O)C(=O)N(C)c1ccccc1. The predicted molar refractivity (Wildman–Crippen MR) is 90.0 cm³/mol. The van der Waals surface area contributed by atoms with Crippen molar-refractivity contribution in [2.75, 3.05) is 25.0 Å². The second-order valence-electron chi connectivity index (χ2n) is 5.19. The molecule has 5 nitrogen and oxygen atoms in total. The van der Waals surface area contributed by atoms with Crippen molar-refractivity contribution >= 4 is 17.5 Å². The molecule has 0 atom stereocenters. The zero-order chi connectivity index (χ0) is 16.7. The number of amides is 2. The van der Waals surface area contributed by atoms with Gasteiger partial charge in [0.25, 0.3) is 0 Å². The summed E-state index contributed by atoms with van der Waals surface area (Å²) in [6, 6.07) is 13.0. The van der Waals surface area contributed by atoms with Crippen LogP contribution in [0.3, 0.4) is 0 Å². The van der Waals surface area contributed by atoms with Gasteiger partial charge in [-0.1, -0.05) is 18.2 Å². The molecule has 0 saturated carbocycles. The summed E-state index contributed by atoms with van der Waals surface area (Å²) in [5, 5.41) is 0. The van der Waals surface area contributed by atoms with Crippen LogP contribution < -0.4 is 4.90 Å². The van der Waals surface area contributed by atoms with Gasteiger partial charge in [0, 0.05) is 38.2 Å². The average Bonchev–Trinajstić information content (AvgIpc) is 2.62. The summed E-state index contributed by atoms with van der Waals surface area (Å²) in [6.07, 6.45) is 4.15. The first-order chi connectivity index (χ1) is 11.1. The van der Waals surface area contributed by atoms with Gasteiger partial charge in [-0.2, -0.15) is 0 Å². The van der Waals surface area contributed by atoms with Gasteiger partial charge in [0.2, 0.25) is 0 Å². The van der Waals surface area contributed by atoms with E-state index in [0.29, 0.717) is 25.2 Å². The lowest BCUT2D eigenvalue weighted by Gasteiger charge is -2.24. The van der Waals surface area contributed by atoms with Gasteiger partial charge in [-0.15, -0.1) is 0 Å². The molecule has 1 aromatic heterocycles. The molecule has 0 spiro atoms. The van der Waals surface area contributed by atoms with E-state index < -0.39 is 11.8 Å². The molecule has 1 aromatic carbocycles. The van der Waals surface area contributed by atoms with E-state index in [4.69, 9.17) is 0 Å². The fourth-order valence-electron chi connectivity index (χ4n) is 2.26. The highest BCUT2D eigenvalue weighted by Crippen LogP contribution is 2.12. The lowest BCUT2D eigenvalue weighted by molar-refractivity contribution is -0.144. The van der Waals surface area contributed by atoms with Crippen LogP contribution in [0.5, 0.6) is 0 Å². The molecule has 0 fully saturated rings. The molecule has 1 heterocycles. The molecule has 0 aliphatic heterocycles. The van der Waals surface area contributed by atoms with Crippen molar-refractivity contribution < 1.29 is 9.59 Å². The second kappa shape index (κ2) is 8.08. The number of pyridine rings is 1. The molecule has 0 aliphatic rings. The molecule has 0 radical (unpaired) electrons. The van der Waals surface area contributed by atoms with E-state index in [1.807, 2.05) is 37.3 Å². The fraction of sp³-hybridized carbons (Fsp3) is 0.278. The van der Waals surface area contributed by atoms with Crippen LogP contribution in [0.15, 0.2) is 54.9 Å². The first-order valence-electron chi connectivity index (χ1n) is 7.64. The highest BCUT2D eigenvalue weighted by Gasteiger charge is 2.24. The number of hydrogen-bond donors (Lipinski definition) is 0. The number of hydrogen-bond acceptors (Lipinski definition) is 3. The van der Waals surface area contributed by atoms with Crippen LogP contribution in [-0.2, 0) is 16.0 Å². The summed E-state index contributed by atoms with van der Waals surface area (Å²) in [7, 11) is 1.62. The molecule has 2 rings (SSSR count). The molecule has 23 heavy (non-hydrogen) atoms. The topological polar surface area (TPSA) is 53.5 Å². The number of anilines is 1. The number of carbonyl (C=O) groups excluding carboxylic acids is 2. The molecular weight excluding hydrogens is 290 g/mol. The third kappa shape index (κ3) is 4.39. The van der Waals surface area contributed by atoms with Gasteiger partial charge in [-0.05, 0) is 43.2 Å². The maximum atomic E-state index is 12.4. The molecule has 0 aliphatic carbocycles. The maximum Gasteiger partial charge on any atom is 0.316 e. The molecule has 0 N–H and O–H groups in total. The van der Waals surface area contributed by atoms with Gasteiger partial charge in [-0.25, -0.2) is 0 Å². The van der Waals surface area contributed by atoms with Crippen molar-refractivity contribution in [2.24, 2.45) is 0 Å². The van der Waals surface area contributed by atoms with E-state index >= 15 is 0 Å². The molecule has 5 heteroatoms. The Labute approximate surface area is 136 Å². The van der Waals surface area contributed by atoms with E-state index in [1.54, 1.807) is 36.5 Å². The molecule has 2 amide bonds. The summed E-state index contributed by atoms with van der Waals surface area (Å²) < 4.78 is 0. The zero-order valence-corrected chi connectivity index (χ0v) is 13.5. The van der Waals surface area contributed by atoms with Crippen molar-refractivity contribution in [1.82, 2.24) is 9.88 Å². The Balaban J connectivity index is 2.00. The van der Waals surface area contributed by atoms with Gasteiger partial charge in [0.15, 0.2) is 0 Å². The van der Waals surface area contributed by atoms with Crippen molar-refractivity contribution in [3.63, 3.8) is 0 Å². The Bertz CT molecular complexity index is 644. The minimum absolute atomic E-state index is 0.479. The standard InChI is InChI=1S/C18H21N3O2/c1-3-21(14-11-15-9-12-19-13-10-15)18(23)17(22)20(2)16-7-5-4-6-8-16/h4-10,12-13H,3,11,14H2,1-2H3. The second-order valence-corrected chi connectivity index (χ2v) is 5.19. The average molecular weight is 311 g/mol. The summed E-state index contributed by atoms with van der Waals surface area (Å²) in [5.74, 6) is -0.999. The molecule has 0 unspecified atom stereocenters. The monoisotopic (exact) mass is 311 g/mol. The summed E-state index contributed by atoms with van der Waals surface area (Å²) >= 11 is 0. The summed E-state index contributed by atoms with van der Waals surface area (Å²) in [6.45, 7) is 2.88. The molecule has 2 aromatic rings. The lowest BCUT2D eigenvalue weighted by atomic mass is 10.2. The smallest absolute Gasteiger partial charge is 0.316 e. The van der Waals surface area contributed by atoms with Crippen molar-refractivity contribution in [3.05, 3.63) is 60.4 Å². The van der Waals surface area contributed by atoms with Gasteiger partial charge in [-0.3, -0.25) is 14.6 Å². The number of likely N-dealkylation sites (N-methyl/N-ethyl adjacent to an activating group) is 2. The third-order valence-corrected chi connectivity index (χ3v) is 3.72. The Morgan fingerprint density at radius 2 is 1.65 bits per heavy atom. The number of benzene rings is 1. The Morgan fingerprint density at radius 1 is 1.00 bits per heavy atom. The zero-order valence-electron chi connectivity index (χ0n) is 13.5. The largest absolute Gasteiger partial charge is 0.334 e. The third-order valence-electron chi connectivity index (χ3n) is 3.72. The highest BCUT2D eigenvalue weighted by molar-refractivity contribution is 6.40. The van der Waals surface area contributed by atoms with Crippen LogP contribution in [-0.4, -0.2) is 41.8 Å². The van der Waals surface area contributed by atoms with E-state index in [0.717, 1.165) is 5.56 Å². The van der Waals surface area contributed by atoms with Crippen LogP contribution in [0.25, 0.3) is 0 Å². The van der Waals surface area contributed by atoms with Gasteiger partial charge >= 0.3 is 11.8 Å². The summed E-state index contributed by atoms with van der Waals surface area (Å²) in [5.41, 5.74) is 1.80. The molecule has 120 valence electrons. The predicted octanol–water partition coefficient (Wildman–Crippen LogP) is 2.14. The lowest BCUT2D eigenvalue weighted by Crippen LogP contribution is -2.44. The minimum atomic E-state index is -0.521. The quantitative estimate of drug-likeness (QED) is 0.795.